The molecule has 0 spiro atoms. The fourth-order valence-electron chi connectivity index (χ4n) is 3.07. The van der Waals surface area contributed by atoms with Gasteiger partial charge in [0.15, 0.2) is 0 Å². The van der Waals surface area contributed by atoms with Gasteiger partial charge in [-0.3, -0.25) is 0 Å². The average molecular weight is 228 g/mol. The summed E-state index contributed by atoms with van der Waals surface area (Å²) in [6.45, 7) is 6.78. The van der Waals surface area contributed by atoms with Crippen LogP contribution in [0.5, 0.6) is 0 Å². The van der Waals surface area contributed by atoms with Gasteiger partial charge in [-0.2, -0.15) is 0 Å². The Bertz CT molecular complexity index is 533. The number of aromatic amines is 1. The van der Waals surface area contributed by atoms with Crippen LogP contribution in [0.1, 0.15) is 23.2 Å². The molecule has 0 aliphatic carbocycles. The molecule has 2 N–H and O–H groups in total. The minimum absolute atomic E-state index is 0.812. The highest BCUT2D eigenvalue weighted by molar-refractivity contribution is 5.87. The molecule has 0 bridgehead atoms. The van der Waals surface area contributed by atoms with E-state index in [1.807, 2.05) is 0 Å². The molecular weight excluding hydrogens is 208 g/mol. The highest BCUT2D eigenvalue weighted by Gasteiger charge is 2.19. The zero-order valence-electron chi connectivity index (χ0n) is 10.6. The van der Waals surface area contributed by atoms with E-state index in [4.69, 9.17) is 0 Å². The molecule has 0 amide bonds. The number of nitrogens with one attached hydrogen (secondary N) is 2. The summed E-state index contributed by atoms with van der Waals surface area (Å²) < 4.78 is 0. The summed E-state index contributed by atoms with van der Waals surface area (Å²) in [7, 11) is 0. The zero-order chi connectivity index (χ0) is 11.8. The van der Waals surface area contributed by atoms with E-state index in [9.17, 15) is 0 Å². The Hall–Kier alpha value is -1.28. The highest BCUT2D eigenvalue weighted by atomic mass is 14.9. The number of fused-ring (bicyclic) bond motifs is 1. The summed E-state index contributed by atoms with van der Waals surface area (Å²) in [5.41, 5.74) is 5.57. The van der Waals surface area contributed by atoms with E-state index in [-0.39, 0.29) is 0 Å². The molecule has 1 aliphatic heterocycles. The van der Waals surface area contributed by atoms with Gasteiger partial charge in [0.05, 0.1) is 0 Å². The maximum atomic E-state index is 3.52. The smallest absolute Gasteiger partial charge is 0.0461 e. The zero-order valence-corrected chi connectivity index (χ0v) is 10.6. The van der Waals surface area contributed by atoms with Crippen LogP contribution in [0.15, 0.2) is 18.2 Å². The minimum atomic E-state index is 0.812. The van der Waals surface area contributed by atoms with Crippen LogP contribution in [-0.4, -0.2) is 18.1 Å². The van der Waals surface area contributed by atoms with Crippen molar-refractivity contribution in [3.8, 4) is 0 Å². The predicted octanol–water partition coefficient (Wildman–Crippen LogP) is 2.94. The lowest BCUT2D eigenvalue weighted by Gasteiger charge is -2.09. The van der Waals surface area contributed by atoms with Crippen molar-refractivity contribution in [2.24, 2.45) is 5.92 Å². The van der Waals surface area contributed by atoms with Gasteiger partial charge >= 0.3 is 0 Å². The molecule has 1 aromatic heterocycles. The van der Waals surface area contributed by atoms with E-state index in [1.54, 1.807) is 0 Å². The summed E-state index contributed by atoms with van der Waals surface area (Å²) >= 11 is 0. The van der Waals surface area contributed by atoms with Gasteiger partial charge in [-0.05, 0) is 62.9 Å². The Balaban J connectivity index is 2.04. The number of rotatable bonds is 2. The van der Waals surface area contributed by atoms with Crippen molar-refractivity contribution in [1.29, 1.82) is 0 Å². The molecule has 2 nitrogen and oxygen atoms in total. The maximum absolute atomic E-state index is 3.52. The van der Waals surface area contributed by atoms with Crippen LogP contribution in [-0.2, 0) is 6.42 Å². The van der Waals surface area contributed by atoms with Crippen molar-refractivity contribution in [2.75, 3.05) is 13.1 Å². The number of hydrogen-bond acceptors (Lipinski definition) is 1. The van der Waals surface area contributed by atoms with E-state index in [0.29, 0.717) is 0 Å². The standard InChI is InChI=1S/C15H20N2/c1-10-4-3-5-14-15(10)13(11(2)17-14)8-12-6-7-16-9-12/h3-5,12,16-17H,6-9H2,1-2H3. The van der Waals surface area contributed by atoms with Crippen molar-refractivity contribution in [1.82, 2.24) is 10.3 Å². The van der Waals surface area contributed by atoms with Gasteiger partial charge in [-0.1, -0.05) is 12.1 Å². The molecule has 1 saturated heterocycles. The summed E-state index contributed by atoms with van der Waals surface area (Å²) in [5, 5.41) is 4.91. The van der Waals surface area contributed by atoms with E-state index in [1.165, 1.54) is 53.7 Å². The molecule has 1 atom stereocenters. The van der Waals surface area contributed by atoms with E-state index in [0.717, 1.165) is 5.92 Å². The topological polar surface area (TPSA) is 27.8 Å². The first-order chi connectivity index (χ1) is 8.25. The molecule has 2 heteroatoms. The van der Waals surface area contributed by atoms with Gasteiger partial charge < -0.3 is 10.3 Å². The Labute approximate surface area is 102 Å². The summed E-state index contributed by atoms with van der Waals surface area (Å²) in [4.78, 5) is 3.52. The van der Waals surface area contributed by atoms with Gasteiger partial charge in [0.25, 0.3) is 0 Å². The number of hydrogen-bond donors (Lipinski definition) is 2. The van der Waals surface area contributed by atoms with Gasteiger partial charge in [0.1, 0.15) is 0 Å². The average Bonchev–Trinajstić information content (AvgIpc) is 2.89. The van der Waals surface area contributed by atoms with Gasteiger partial charge in [0, 0.05) is 16.6 Å². The fourth-order valence-corrected chi connectivity index (χ4v) is 3.07. The van der Waals surface area contributed by atoms with Gasteiger partial charge in [-0.15, -0.1) is 0 Å². The Morgan fingerprint density at radius 1 is 1.29 bits per heavy atom. The van der Waals surface area contributed by atoms with Crippen LogP contribution in [0.3, 0.4) is 0 Å². The normalized spacial score (nSPS) is 20.2. The molecule has 1 unspecified atom stereocenters. The van der Waals surface area contributed by atoms with Crippen LogP contribution in [0.25, 0.3) is 10.9 Å². The van der Waals surface area contributed by atoms with Crippen molar-refractivity contribution < 1.29 is 0 Å². The fraction of sp³-hybridized carbons (Fsp3) is 0.467. The first kappa shape index (κ1) is 10.8. The number of aryl methyl sites for hydroxylation is 2. The molecule has 1 aliphatic rings. The van der Waals surface area contributed by atoms with Gasteiger partial charge in [-0.25, -0.2) is 0 Å². The summed E-state index contributed by atoms with van der Waals surface area (Å²) in [5.74, 6) is 0.812. The summed E-state index contributed by atoms with van der Waals surface area (Å²) in [6.07, 6.45) is 2.53. The first-order valence-electron chi connectivity index (χ1n) is 6.53. The molecule has 2 aromatic rings. The van der Waals surface area contributed by atoms with Crippen molar-refractivity contribution in [3.63, 3.8) is 0 Å². The molecule has 1 aromatic carbocycles. The van der Waals surface area contributed by atoms with Crippen LogP contribution in [0.4, 0.5) is 0 Å². The molecule has 0 saturated carbocycles. The van der Waals surface area contributed by atoms with Crippen LogP contribution < -0.4 is 5.32 Å². The van der Waals surface area contributed by atoms with E-state index in [2.05, 4.69) is 42.3 Å². The van der Waals surface area contributed by atoms with Crippen molar-refractivity contribution in [2.45, 2.75) is 26.7 Å². The molecule has 1 fully saturated rings. The molecule has 2 heterocycles. The monoisotopic (exact) mass is 228 g/mol. The molecule has 17 heavy (non-hydrogen) atoms. The minimum Gasteiger partial charge on any atom is -0.358 e. The van der Waals surface area contributed by atoms with Crippen molar-refractivity contribution >= 4 is 10.9 Å². The number of H-pyrrole nitrogens is 1. The third-order valence-electron chi connectivity index (χ3n) is 4.00. The lowest BCUT2D eigenvalue weighted by molar-refractivity contribution is 0.580. The third-order valence-corrected chi connectivity index (χ3v) is 4.00. The second kappa shape index (κ2) is 4.19. The van der Waals surface area contributed by atoms with Crippen LogP contribution in [0, 0.1) is 19.8 Å². The number of aromatic nitrogens is 1. The van der Waals surface area contributed by atoms with Crippen molar-refractivity contribution in [3.05, 3.63) is 35.0 Å². The second-order valence-electron chi connectivity index (χ2n) is 5.29. The largest absolute Gasteiger partial charge is 0.358 e. The second-order valence-corrected chi connectivity index (χ2v) is 5.29. The third kappa shape index (κ3) is 1.87. The molecule has 0 radical (unpaired) electrons. The SMILES string of the molecule is Cc1[nH]c2cccc(C)c2c1CC1CCNC1. The molecule has 90 valence electrons. The Morgan fingerprint density at radius 2 is 2.18 bits per heavy atom. The first-order valence-corrected chi connectivity index (χ1v) is 6.53. The Kier molecular flexibility index (Phi) is 2.67. The lowest BCUT2D eigenvalue weighted by Crippen LogP contribution is -2.11. The number of benzene rings is 1. The molecular formula is C15H20N2. The molecule has 3 rings (SSSR count). The predicted molar refractivity (Wildman–Crippen MR) is 72.5 cm³/mol. The maximum Gasteiger partial charge on any atom is 0.0461 e. The summed E-state index contributed by atoms with van der Waals surface area (Å²) in [6, 6.07) is 6.53. The van der Waals surface area contributed by atoms with E-state index < -0.39 is 0 Å². The van der Waals surface area contributed by atoms with Crippen LogP contribution in [0.2, 0.25) is 0 Å². The highest BCUT2D eigenvalue weighted by Crippen LogP contribution is 2.28. The quantitative estimate of drug-likeness (QED) is 0.812. The Morgan fingerprint density at radius 3 is 2.94 bits per heavy atom. The van der Waals surface area contributed by atoms with Crippen LogP contribution >= 0.6 is 0 Å². The van der Waals surface area contributed by atoms with Gasteiger partial charge in [0.2, 0.25) is 0 Å². The van der Waals surface area contributed by atoms with E-state index >= 15 is 0 Å². The lowest BCUT2D eigenvalue weighted by atomic mass is 9.95.